The second-order valence-electron chi connectivity index (χ2n) is 18.8. The molecule has 2 aliphatic rings. The lowest BCUT2D eigenvalue weighted by atomic mass is 9.99. The molecule has 2 fully saturated rings. The van der Waals surface area contributed by atoms with E-state index >= 15 is 0 Å². The Morgan fingerprint density at radius 3 is 1.45 bits per heavy atom. The minimum absolute atomic E-state index is 0.463. The molecule has 2 saturated heterocycles. The maximum atomic E-state index is 5.54. The van der Waals surface area contributed by atoms with Gasteiger partial charge in [0.05, 0.1) is 46.1 Å². The van der Waals surface area contributed by atoms with Gasteiger partial charge in [-0.1, -0.05) is 109 Å². The van der Waals surface area contributed by atoms with Gasteiger partial charge in [-0.05, 0) is 110 Å². The van der Waals surface area contributed by atoms with E-state index in [9.17, 15) is 0 Å². The van der Waals surface area contributed by atoms with Crippen LogP contribution < -0.4 is 14.2 Å². The van der Waals surface area contributed by atoms with E-state index < -0.39 is 0 Å². The third kappa shape index (κ3) is 26.9. The highest BCUT2D eigenvalue weighted by molar-refractivity contribution is 5.24. The van der Waals surface area contributed by atoms with Gasteiger partial charge >= 0.3 is 0 Å². The topological polar surface area (TPSA) is 126 Å². The lowest BCUT2D eigenvalue weighted by Crippen LogP contribution is -2.24. The van der Waals surface area contributed by atoms with E-state index in [0.717, 1.165) is 53.4 Å². The summed E-state index contributed by atoms with van der Waals surface area (Å²) in [6, 6.07) is 19.6. The predicted molar refractivity (Wildman–Crippen MR) is 278 cm³/mol. The SMILES string of the molecule is CC(C)C1CCCCO1.CC(C)C1CCCO1.CC(C)c1ccccn1.CC(C)c1cnc[nH]1.COc1ccc(C(C)C)nc1.COc1cccc(C(C)C)n1.COc1ccnc(C(C)C)c1. The van der Waals surface area contributed by atoms with Gasteiger partial charge in [0, 0.05) is 72.4 Å². The van der Waals surface area contributed by atoms with Gasteiger partial charge in [0.25, 0.3) is 0 Å². The summed E-state index contributed by atoms with van der Waals surface area (Å²) in [6.07, 6.45) is 16.5. The molecule has 2 unspecified atom stereocenters. The van der Waals surface area contributed by atoms with Gasteiger partial charge in [0.1, 0.15) is 11.5 Å². The van der Waals surface area contributed by atoms with E-state index in [1.165, 1.54) is 37.8 Å². The summed E-state index contributed by atoms with van der Waals surface area (Å²) >= 11 is 0. The van der Waals surface area contributed by atoms with Crippen LogP contribution in [0.25, 0.3) is 0 Å². The summed E-state index contributed by atoms with van der Waals surface area (Å²) in [5, 5.41) is 0. The molecule has 7 heterocycles. The second kappa shape index (κ2) is 35.3. The highest BCUT2D eigenvalue weighted by Gasteiger charge is 2.18. The van der Waals surface area contributed by atoms with Crippen LogP contribution in [-0.2, 0) is 9.47 Å². The number of rotatable bonds is 10. The Hall–Kier alpha value is -4.87. The normalized spacial score (nSPS) is 15.0. The van der Waals surface area contributed by atoms with Crippen molar-refractivity contribution in [2.45, 2.75) is 171 Å². The van der Waals surface area contributed by atoms with Gasteiger partial charge < -0.3 is 28.7 Å². The molecule has 2 aliphatic heterocycles. The second-order valence-corrected chi connectivity index (χ2v) is 18.8. The van der Waals surface area contributed by atoms with Crippen molar-refractivity contribution >= 4 is 0 Å². The van der Waals surface area contributed by atoms with Crippen molar-refractivity contribution in [2.75, 3.05) is 34.5 Å². The number of aromatic amines is 1. The van der Waals surface area contributed by atoms with Crippen molar-refractivity contribution in [2.24, 2.45) is 11.8 Å². The molecule has 0 amide bonds. The number of hydrogen-bond acceptors (Lipinski definition) is 10. The minimum Gasteiger partial charge on any atom is -0.497 e. The maximum absolute atomic E-state index is 5.54. The molecule has 0 bridgehead atoms. The van der Waals surface area contributed by atoms with E-state index in [4.69, 9.17) is 23.7 Å². The Balaban J connectivity index is 0.000000392. The molecule has 7 rings (SSSR count). The molecule has 11 nitrogen and oxygen atoms in total. The third-order valence-electron chi connectivity index (χ3n) is 10.8. The van der Waals surface area contributed by atoms with Crippen LogP contribution in [-0.4, -0.2) is 76.7 Å². The number of imidazole rings is 1. The predicted octanol–water partition coefficient (Wildman–Crippen LogP) is 14.4. The van der Waals surface area contributed by atoms with Gasteiger partial charge in [-0.25, -0.2) is 9.97 Å². The van der Waals surface area contributed by atoms with E-state index in [0.29, 0.717) is 53.6 Å². The van der Waals surface area contributed by atoms with Crippen molar-refractivity contribution in [3.63, 3.8) is 0 Å². The fourth-order valence-corrected chi connectivity index (χ4v) is 6.31. The highest BCUT2D eigenvalue weighted by atomic mass is 16.5. The molecule has 374 valence electrons. The minimum atomic E-state index is 0.463. The van der Waals surface area contributed by atoms with Crippen LogP contribution in [0.4, 0.5) is 0 Å². The summed E-state index contributed by atoms with van der Waals surface area (Å²) in [5.74, 6) is 6.34. The molecule has 1 N–H and O–H groups in total. The first-order valence-corrected chi connectivity index (χ1v) is 24.6. The van der Waals surface area contributed by atoms with Gasteiger partial charge in [-0.15, -0.1) is 0 Å². The zero-order valence-electron chi connectivity index (χ0n) is 44.6. The number of pyridine rings is 4. The molecule has 0 radical (unpaired) electrons. The summed E-state index contributed by atoms with van der Waals surface area (Å²) < 4.78 is 26.0. The Labute approximate surface area is 407 Å². The van der Waals surface area contributed by atoms with Gasteiger partial charge in [-0.3, -0.25) is 15.0 Å². The number of aromatic nitrogens is 6. The number of hydrogen-bond donors (Lipinski definition) is 1. The molecular weight excluding hydrogens is 837 g/mol. The maximum Gasteiger partial charge on any atom is 0.213 e. The zero-order chi connectivity index (χ0) is 50.1. The molecular formula is C56H90N6O5. The molecule has 67 heavy (non-hydrogen) atoms. The molecule has 5 aromatic heterocycles. The number of methoxy groups -OCH3 is 3. The van der Waals surface area contributed by atoms with Crippen LogP contribution in [0, 0.1) is 11.8 Å². The van der Waals surface area contributed by atoms with E-state index in [2.05, 4.69) is 127 Å². The molecule has 5 aromatic rings. The third-order valence-corrected chi connectivity index (χ3v) is 10.8. The number of H-pyrrole nitrogens is 1. The zero-order valence-corrected chi connectivity index (χ0v) is 44.6. The van der Waals surface area contributed by atoms with Crippen molar-refractivity contribution < 1.29 is 23.7 Å². The van der Waals surface area contributed by atoms with Crippen LogP contribution >= 0.6 is 0 Å². The Bertz CT molecular complexity index is 1840. The van der Waals surface area contributed by atoms with Crippen LogP contribution in [0.1, 0.15) is 187 Å². The number of nitrogens with zero attached hydrogens (tertiary/aromatic N) is 5. The van der Waals surface area contributed by atoms with Crippen molar-refractivity contribution in [1.29, 1.82) is 0 Å². The van der Waals surface area contributed by atoms with Crippen molar-refractivity contribution in [1.82, 2.24) is 29.9 Å². The first-order valence-electron chi connectivity index (χ1n) is 24.6. The molecule has 0 spiro atoms. The summed E-state index contributed by atoms with van der Waals surface area (Å²) in [7, 11) is 4.94. The lowest BCUT2D eigenvalue weighted by Gasteiger charge is -2.25. The van der Waals surface area contributed by atoms with Gasteiger partial charge in [0.15, 0.2) is 0 Å². The fraction of sp³-hybridized carbons (Fsp3) is 0.589. The molecule has 2 atom stereocenters. The summed E-state index contributed by atoms with van der Waals surface area (Å²) in [5.41, 5.74) is 5.61. The van der Waals surface area contributed by atoms with Crippen LogP contribution in [0.15, 0.2) is 91.8 Å². The van der Waals surface area contributed by atoms with Crippen LogP contribution in [0.5, 0.6) is 17.4 Å². The number of nitrogens with one attached hydrogen (secondary N) is 1. The van der Waals surface area contributed by atoms with Crippen molar-refractivity contribution in [3.8, 4) is 17.4 Å². The molecule has 0 aromatic carbocycles. The largest absolute Gasteiger partial charge is 0.497 e. The Kier molecular flexibility index (Phi) is 31.7. The van der Waals surface area contributed by atoms with Crippen LogP contribution in [0.2, 0.25) is 0 Å². The number of ether oxygens (including phenoxy) is 5. The van der Waals surface area contributed by atoms with Crippen LogP contribution in [0.3, 0.4) is 0 Å². The monoisotopic (exact) mass is 927 g/mol. The van der Waals surface area contributed by atoms with Gasteiger partial charge in [0.2, 0.25) is 5.88 Å². The van der Waals surface area contributed by atoms with Crippen molar-refractivity contribution in [3.05, 3.63) is 120 Å². The van der Waals surface area contributed by atoms with Gasteiger partial charge in [-0.2, -0.15) is 0 Å². The standard InChI is InChI=1S/3C9H13NO.C8H11N.C8H16O.C7H14O.C6H10N2/c1-7(2)9-6-8(11-3)4-5-10-9;1-7(2)9-5-4-8(11-3)6-10-9;1-7(2)8-5-4-6-9(10-8)11-3;2*1-7(2)8-5-3-4-6-9-8;1-6(2)7-4-3-5-8-7;1-5(2)6-3-7-4-8-6/h3*4-7H,1-3H3;3-7H,1-2H3;7-8H,3-6H2,1-2H3;6-7H,3-5H2,1-2H3;3-5H,1-2H3,(H,7,8). The first-order chi connectivity index (χ1) is 31.9. The first kappa shape index (κ1) is 60.1. The van der Waals surface area contributed by atoms with E-state index in [1.807, 2.05) is 73.1 Å². The summed E-state index contributed by atoms with van der Waals surface area (Å²) in [6.45, 7) is 32.1. The quantitative estimate of drug-likeness (QED) is 0.145. The lowest BCUT2D eigenvalue weighted by molar-refractivity contribution is -0.0115. The molecule has 0 saturated carbocycles. The average Bonchev–Trinajstić information content (AvgIpc) is 4.11. The highest BCUT2D eigenvalue weighted by Crippen LogP contribution is 2.21. The average molecular weight is 927 g/mol. The summed E-state index contributed by atoms with van der Waals surface area (Å²) in [4.78, 5) is 23.8. The fourth-order valence-electron chi connectivity index (χ4n) is 6.31. The van der Waals surface area contributed by atoms with E-state index in [-0.39, 0.29) is 0 Å². The Morgan fingerprint density at radius 1 is 0.507 bits per heavy atom. The smallest absolute Gasteiger partial charge is 0.213 e. The Morgan fingerprint density at radius 2 is 1.07 bits per heavy atom. The van der Waals surface area contributed by atoms with E-state index in [1.54, 1.807) is 40.1 Å². The molecule has 11 heteroatoms. The molecule has 0 aliphatic carbocycles.